The number of hydrazone groups is 1. The molecule has 0 aliphatic heterocycles. The van der Waals surface area contributed by atoms with Crippen LogP contribution in [0.1, 0.15) is 21.5 Å². The number of aromatic carboxylic acids is 1. The first-order chi connectivity index (χ1) is 13.5. The van der Waals surface area contributed by atoms with Crippen LogP contribution < -0.4 is 10.2 Å². The van der Waals surface area contributed by atoms with E-state index in [9.17, 15) is 4.79 Å². The zero-order valence-electron chi connectivity index (χ0n) is 14.6. The lowest BCUT2D eigenvalue weighted by Gasteiger charge is -2.08. The molecule has 0 unspecified atom stereocenters. The van der Waals surface area contributed by atoms with Crippen LogP contribution in [-0.4, -0.2) is 17.3 Å². The maximum absolute atomic E-state index is 10.8. The van der Waals surface area contributed by atoms with Gasteiger partial charge in [-0.1, -0.05) is 41.4 Å². The van der Waals surface area contributed by atoms with E-state index in [4.69, 9.17) is 33.0 Å². The molecule has 0 spiro atoms. The number of hydrogen-bond acceptors (Lipinski definition) is 4. The largest absolute Gasteiger partial charge is 0.489 e. The van der Waals surface area contributed by atoms with E-state index in [0.717, 1.165) is 11.1 Å². The molecule has 0 aliphatic carbocycles. The number of carbonyl (C=O) groups is 1. The lowest BCUT2D eigenvalue weighted by molar-refractivity contribution is 0.0697. The number of rotatable bonds is 7. The van der Waals surface area contributed by atoms with Crippen LogP contribution in [0, 0.1) is 0 Å². The molecule has 0 heterocycles. The Labute approximate surface area is 172 Å². The van der Waals surface area contributed by atoms with Gasteiger partial charge in [0, 0.05) is 0 Å². The Morgan fingerprint density at radius 3 is 2.54 bits per heavy atom. The maximum Gasteiger partial charge on any atom is 0.335 e. The van der Waals surface area contributed by atoms with Gasteiger partial charge in [-0.05, 0) is 59.7 Å². The minimum atomic E-state index is -0.965. The predicted octanol–water partition coefficient (Wildman–Crippen LogP) is 5.72. The van der Waals surface area contributed by atoms with Gasteiger partial charge < -0.3 is 9.84 Å². The molecule has 0 atom stereocenters. The number of carboxylic acids is 1. The van der Waals surface area contributed by atoms with Crippen molar-refractivity contribution in [1.82, 2.24) is 0 Å². The van der Waals surface area contributed by atoms with Crippen molar-refractivity contribution in [2.24, 2.45) is 5.10 Å². The highest BCUT2D eigenvalue weighted by atomic mass is 35.5. The number of ether oxygens (including phenoxy) is 1. The monoisotopic (exact) mass is 414 g/mol. The van der Waals surface area contributed by atoms with Crippen molar-refractivity contribution in [3.8, 4) is 5.75 Å². The van der Waals surface area contributed by atoms with Crippen LogP contribution in [0.2, 0.25) is 10.0 Å². The van der Waals surface area contributed by atoms with Crippen molar-refractivity contribution >= 4 is 41.1 Å². The van der Waals surface area contributed by atoms with E-state index in [1.807, 2.05) is 30.3 Å². The Balaban J connectivity index is 1.58. The molecule has 0 saturated carbocycles. The number of hydrogen-bond donors (Lipinski definition) is 2. The van der Waals surface area contributed by atoms with Crippen molar-refractivity contribution in [1.29, 1.82) is 0 Å². The third kappa shape index (κ3) is 5.49. The van der Waals surface area contributed by atoms with Gasteiger partial charge in [0.1, 0.15) is 12.4 Å². The van der Waals surface area contributed by atoms with Crippen LogP contribution >= 0.6 is 23.2 Å². The van der Waals surface area contributed by atoms with Crippen LogP contribution in [0.15, 0.2) is 71.8 Å². The Morgan fingerprint density at radius 1 is 1.04 bits per heavy atom. The molecule has 0 aromatic heterocycles. The SMILES string of the molecule is O=C(O)c1ccc(N/N=C/c2cccc(OCc3ccc(Cl)c(Cl)c3)c2)cc1. The van der Waals surface area contributed by atoms with Gasteiger partial charge in [0.05, 0.1) is 27.5 Å². The van der Waals surface area contributed by atoms with E-state index >= 15 is 0 Å². The first-order valence-electron chi connectivity index (χ1n) is 8.30. The van der Waals surface area contributed by atoms with Gasteiger partial charge in [0.25, 0.3) is 0 Å². The molecule has 0 fully saturated rings. The first kappa shape index (κ1) is 19.7. The number of carboxylic acid groups (broad SMARTS) is 1. The van der Waals surface area contributed by atoms with Crippen LogP contribution in [0.4, 0.5) is 5.69 Å². The predicted molar refractivity (Wildman–Crippen MR) is 112 cm³/mol. The van der Waals surface area contributed by atoms with E-state index in [1.165, 1.54) is 12.1 Å². The number of benzene rings is 3. The second kappa shape index (κ2) is 9.26. The molecule has 0 amide bonds. The summed E-state index contributed by atoms with van der Waals surface area (Å²) in [6, 6.07) is 19.2. The van der Waals surface area contributed by atoms with Gasteiger partial charge in [-0.25, -0.2) is 4.79 Å². The van der Waals surface area contributed by atoms with Crippen molar-refractivity contribution < 1.29 is 14.6 Å². The van der Waals surface area contributed by atoms with E-state index in [-0.39, 0.29) is 5.56 Å². The minimum absolute atomic E-state index is 0.223. The molecule has 7 heteroatoms. The molecule has 0 radical (unpaired) electrons. The summed E-state index contributed by atoms with van der Waals surface area (Å²) in [7, 11) is 0. The fourth-order valence-electron chi connectivity index (χ4n) is 2.35. The zero-order chi connectivity index (χ0) is 19.9. The summed E-state index contributed by atoms with van der Waals surface area (Å²) in [5.74, 6) is -0.270. The van der Waals surface area contributed by atoms with Crippen LogP contribution in [0.5, 0.6) is 5.75 Å². The summed E-state index contributed by atoms with van der Waals surface area (Å²) in [4.78, 5) is 10.8. The van der Waals surface area contributed by atoms with Gasteiger partial charge >= 0.3 is 5.97 Å². The van der Waals surface area contributed by atoms with Gasteiger partial charge in [0.2, 0.25) is 0 Å². The zero-order valence-corrected chi connectivity index (χ0v) is 16.1. The molecule has 3 aromatic carbocycles. The van der Waals surface area contributed by atoms with Crippen LogP contribution in [-0.2, 0) is 6.61 Å². The maximum atomic E-state index is 10.8. The number of anilines is 1. The molecule has 0 bridgehead atoms. The quantitative estimate of drug-likeness (QED) is 0.383. The topological polar surface area (TPSA) is 70.9 Å². The third-order valence-electron chi connectivity index (χ3n) is 3.79. The van der Waals surface area contributed by atoms with Gasteiger partial charge in [-0.2, -0.15) is 5.10 Å². The number of nitrogens with one attached hydrogen (secondary N) is 1. The van der Waals surface area contributed by atoms with Crippen molar-refractivity contribution in [3.05, 3.63) is 93.5 Å². The van der Waals surface area contributed by atoms with Crippen molar-refractivity contribution in [2.75, 3.05) is 5.43 Å². The summed E-state index contributed by atoms with van der Waals surface area (Å²) in [6.45, 7) is 0.367. The molecule has 2 N–H and O–H groups in total. The summed E-state index contributed by atoms with van der Waals surface area (Å²) >= 11 is 11.9. The standard InChI is InChI=1S/C21H16Cl2N2O3/c22-19-9-4-15(11-20(19)23)13-28-18-3-1-2-14(10-18)12-24-25-17-7-5-16(6-8-17)21(26)27/h1-12,25H,13H2,(H,26,27)/b24-12+. The molecular formula is C21H16Cl2N2O3. The Kier molecular flexibility index (Phi) is 6.53. The molecule has 3 rings (SSSR count). The second-order valence-electron chi connectivity index (χ2n) is 5.86. The molecule has 0 aliphatic rings. The highest BCUT2D eigenvalue weighted by Crippen LogP contribution is 2.23. The lowest BCUT2D eigenvalue weighted by Crippen LogP contribution is -1.97. The Morgan fingerprint density at radius 2 is 1.82 bits per heavy atom. The smallest absolute Gasteiger partial charge is 0.335 e. The highest BCUT2D eigenvalue weighted by Gasteiger charge is 2.02. The normalized spacial score (nSPS) is 10.8. The van der Waals surface area contributed by atoms with Crippen molar-refractivity contribution in [3.63, 3.8) is 0 Å². The fourth-order valence-corrected chi connectivity index (χ4v) is 2.67. The summed E-state index contributed by atoms with van der Waals surface area (Å²) < 4.78 is 5.79. The van der Waals surface area contributed by atoms with E-state index in [2.05, 4.69) is 10.5 Å². The fraction of sp³-hybridized carbons (Fsp3) is 0.0476. The summed E-state index contributed by atoms with van der Waals surface area (Å²) in [5.41, 5.74) is 5.53. The molecule has 0 saturated heterocycles. The first-order valence-corrected chi connectivity index (χ1v) is 9.06. The average Bonchev–Trinajstić information content (AvgIpc) is 2.70. The van der Waals surface area contributed by atoms with E-state index in [0.29, 0.717) is 28.1 Å². The van der Waals surface area contributed by atoms with Gasteiger partial charge in [0.15, 0.2) is 0 Å². The summed E-state index contributed by atoms with van der Waals surface area (Å²) in [6.07, 6.45) is 1.65. The highest BCUT2D eigenvalue weighted by molar-refractivity contribution is 6.42. The van der Waals surface area contributed by atoms with Gasteiger partial charge in [-0.15, -0.1) is 0 Å². The summed E-state index contributed by atoms with van der Waals surface area (Å²) in [5, 5.41) is 14.1. The Bertz CT molecular complexity index is 1000. The molecular weight excluding hydrogens is 399 g/mol. The second-order valence-corrected chi connectivity index (χ2v) is 6.68. The molecule has 3 aromatic rings. The average molecular weight is 415 g/mol. The van der Waals surface area contributed by atoms with E-state index in [1.54, 1.807) is 30.5 Å². The van der Waals surface area contributed by atoms with Crippen LogP contribution in [0.25, 0.3) is 0 Å². The van der Waals surface area contributed by atoms with Crippen molar-refractivity contribution in [2.45, 2.75) is 6.61 Å². The molecule has 142 valence electrons. The third-order valence-corrected chi connectivity index (χ3v) is 4.53. The van der Waals surface area contributed by atoms with Gasteiger partial charge in [-0.3, -0.25) is 5.43 Å². The number of halogens is 2. The number of nitrogens with zero attached hydrogens (tertiary/aromatic N) is 1. The van der Waals surface area contributed by atoms with E-state index < -0.39 is 5.97 Å². The van der Waals surface area contributed by atoms with Crippen LogP contribution in [0.3, 0.4) is 0 Å². The lowest BCUT2D eigenvalue weighted by atomic mass is 10.2. The molecule has 28 heavy (non-hydrogen) atoms. The minimum Gasteiger partial charge on any atom is -0.489 e. The Hall–Kier alpha value is -3.02. The molecule has 5 nitrogen and oxygen atoms in total.